The molecule has 0 atom stereocenters. The van der Waals surface area contributed by atoms with Crippen LogP contribution in [0.2, 0.25) is 0 Å². The van der Waals surface area contributed by atoms with Crippen molar-refractivity contribution in [2.24, 2.45) is 11.8 Å². The van der Waals surface area contributed by atoms with Crippen LogP contribution in [-0.2, 0) is 0 Å². The van der Waals surface area contributed by atoms with Crippen LogP contribution < -0.4 is 0 Å². The van der Waals surface area contributed by atoms with Crippen molar-refractivity contribution < 1.29 is 0 Å². The first-order valence-corrected chi connectivity index (χ1v) is 7.58. The molecule has 0 aromatic carbocycles. The fourth-order valence-corrected chi connectivity index (χ4v) is 3.53. The Hall–Kier alpha value is -0.260. The molecule has 2 saturated carbocycles. The molecular weight excluding hydrogens is 204 g/mol. The molecule has 0 nitrogen and oxygen atoms in total. The van der Waals surface area contributed by atoms with Gasteiger partial charge in [0.25, 0.3) is 0 Å². The standard InChI is InChI=1S/C17H28/c1-3-4-5-15-8-12-17(13-9-15)16-10-6-14(2)7-11-16/h3,14,17H,1,4-13H2,2H3. The molecule has 0 aromatic rings. The molecule has 0 unspecified atom stereocenters. The molecule has 0 bridgehead atoms. The zero-order valence-electron chi connectivity index (χ0n) is 11.5. The maximum atomic E-state index is 3.82. The second-order valence-electron chi connectivity index (χ2n) is 6.19. The third-order valence-electron chi connectivity index (χ3n) is 4.89. The van der Waals surface area contributed by atoms with Crippen molar-refractivity contribution in [1.29, 1.82) is 0 Å². The normalized spacial score (nSPS) is 26.2. The summed E-state index contributed by atoms with van der Waals surface area (Å²) in [6.07, 6.45) is 16.1. The Labute approximate surface area is 108 Å². The Morgan fingerprint density at radius 2 is 1.71 bits per heavy atom. The van der Waals surface area contributed by atoms with Crippen molar-refractivity contribution in [2.45, 2.75) is 71.1 Å². The number of hydrogen-bond acceptors (Lipinski definition) is 0. The molecule has 0 aliphatic heterocycles. The first-order valence-electron chi connectivity index (χ1n) is 7.58. The zero-order chi connectivity index (χ0) is 12.1. The van der Waals surface area contributed by atoms with Gasteiger partial charge in [0.2, 0.25) is 0 Å². The molecule has 0 heteroatoms. The summed E-state index contributed by atoms with van der Waals surface area (Å²) in [5.41, 5.74) is 0. The highest BCUT2D eigenvalue weighted by Gasteiger charge is 2.30. The van der Waals surface area contributed by atoms with Gasteiger partial charge in [-0.15, -0.1) is 6.58 Å². The molecule has 0 aromatic heterocycles. The molecule has 96 valence electrons. The van der Waals surface area contributed by atoms with Crippen LogP contribution in [0.15, 0.2) is 12.7 Å². The summed E-state index contributed by atoms with van der Waals surface area (Å²) in [7, 11) is 0. The van der Waals surface area contributed by atoms with Gasteiger partial charge < -0.3 is 0 Å². The molecule has 2 fully saturated rings. The van der Waals surface area contributed by atoms with E-state index in [-0.39, 0.29) is 0 Å². The van der Waals surface area contributed by atoms with Gasteiger partial charge in [-0.3, -0.25) is 0 Å². The summed E-state index contributed by atoms with van der Waals surface area (Å²) in [5.74, 6) is 5.70. The van der Waals surface area contributed by atoms with Crippen LogP contribution in [0.1, 0.15) is 71.1 Å². The topological polar surface area (TPSA) is 0 Å². The minimum atomic E-state index is 0.981. The highest BCUT2D eigenvalue weighted by Crippen LogP contribution is 2.43. The number of allylic oxidation sites excluding steroid dienone is 1. The van der Waals surface area contributed by atoms with Crippen molar-refractivity contribution in [3.63, 3.8) is 0 Å². The average molecular weight is 232 g/mol. The molecule has 0 spiro atoms. The molecule has 0 saturated heterocycles. The van der Waals surface area contributed by atoms with Crippen LogP contribution >= 0.6 is 0 Å². The van der Waals surface area contributed by atoms with E-state index in [2.05, 4.69) is 19.6 Å². The van der Waals surface area contributed by atoms with Crippen LogP contribution in [0, 0.1) is 23.7 Å². The second-order valence-corrected chi connectivity index (χ2v) is 6.19. The predicted molar refractivity (Wildman–Crippen MR) is 75.5 cm³/mol. The van der Waals surface area contributed by atoms with E-state index in [1.165, 1.54) is 64.2 Å². The zero-order valence-corrected chi connectivity index (χ0v) is 11.5. The number of rotatable bonds is 4. The molecule has 2 radical (unpaired) electrons. The molecule has 2 rings (SSSR count). The lowest BCUT2D eigenvalue weighted by atomic mass is 9.69. The molecule has 0 amide bonds. The van der Waals surface area contributed by atoms with Crippen molar-refractivity contribution in [3.05, 3.63) is 24.5 Å². The number of hydrogen-bond donors (Lipinski definition) is 0. The fourth-order valence-electron chi connectivity index (χ4n) is 3.53. The van der Waals surface area contributed by atoms with E-state index in [4.69, 9.17) is 0 Å². The minimum absolute atomic E-state index is 0.981. The van der Waals surface area contributed by atoms with Gasteiger partial charge in [0, 0.05) is 0 Å². The highest BCUT2D eigenvalue weighted by atomic mass is 14.3. The van der Waals surface area contributed by atoms with Crippen LogP contribution in [0.4, 0.5) is 0 Å². The quantitative estimate of drug-likeness (QED) is 0.561. The van der Waals surface area contributed by atoms with Gasteiger partial charge in [-0.2, -0.15) is 0 Å². The van der Waals surface area contributed by atoms with E-state index in [1.807, 2.05) is 11.8 Å². The average Bonchev–Trinajstić information content (AvgIpc) is 2.38. The lowest BCUT2D eigenvalue weighted by Gasteiger charge is -2.36. The lowest BCUT2D eigenvalue weighted by Crippen LogP contribution is -2.23. The molecule has 0 heterocycles. The van der Waals surface area contributed by atoms with Crippen LogP contribution in [-0.4, -0.2) is 0 Å². The van der Waals surface area contributed by atoms with E-state index < -0.39 is 0 Å². The van der Waals surface area contributed by atoms with Crippen LogP contribution in [0.3, 0.4) is 0 Å². The van der Waals surface area contributed by atoms with E-state index in [9.17, 15) is 0 Å². The Bertz CT molecular complexity index is 214. The van der Waals surface area contributed by atoms with Gasteiger partial charge in [0.1, 0.15) is 0 Å². The Morgan fingerprint density at radius 1 is 1.06 bits per heavy atom. The van der Waals surface area contributed by atoms with E-state index in [0.717, 1.165) is 11.8 Å². The summed E-state index contributed by atoms with van der Waals surface area (Å²) < 4.78 is 0. The maximum Gasteiger partial charge on any atom is -0.0210 e. The smallest absolute Gasteiger partial charge is 0.0210 e. The SMILES string of the molecule is C=CCC[C]1CCC([C]2CCC(C)CC2)CC1. The monoisotopic (exact) mass is 232 g/mol. The van der Waals surface area contributed by atoms with Gasteiger partial charge >= 0.3 is 0 Å². The first kappa shape index (κ1) is 13.2. The van der Waals surface area contributed by atoms with E-state index >= 15 is 0 Å². The Morgan fingerprint density at radius 3 is 2.29 bits per heavy atom. The molecule has 2 aliphatic rings. The Kier molecular flexibility index (Phi) is 5.13. The molecule has 0 N–H and O–H groups in total. The van der Waals surface area contributed by atoms with E-state index in [1.54, 1.807) is 0 Å². The van der Waals surface area contributed by atoms with Crippen LogP contribution in [0.25, 0.3) is 0 Å². The fraction of sp³-hybridized carbons (Fsp3) is 0.765. The van der Waals surface area contributed by atoms with Gasteiger partial charge in [-0.1, -0.05) is 25.8 Å². The lowest BCUT2D eigenvalue weighted by molar-refractivity contribution is 0.300. The van der Waals surface area contributed by atoms with Gasteiger partial charge in [-0.25, -0.2) is 0 Å². The summed E-state index contributed by atoms with van der Waals surface area (Å²) in [5, 5.41) is 0. The van der Waals surface area contributed by atoms with Crippen molar-refractivity contribution in [3.8, 4) is 0 Å². The summed E-state index contributed by atoms with van der Waals surface area (Å²) in [6, 6.07) is 0. The second kappa shape index (κ2) is 6.61. The minimum Gasteiger partial charge on any atom is -0.103 e. The van der Waals surface area contributed by atoms with Gasteiger partial charge in [-0.05, 0) is 75.0 Å². The third kappa shape index (κ3) is 3.86. The summed E-state index contributed by atoms with van der Waals surface area (Å²) >= 11 is 0. The van der Waals surface area contributed by atoms with Crippen LogP contribution in [0.5, 0.6) is 0 Å². The molecule has 17 heavy (non-hydrogen) atoms. The van der Waals surface area contributed by atoms with Crippen molar-refractivity contribution in [1.82, 2.24) is 0 Å². The largest absolute Gasteiger partial charge is 0.103 e. The van der Waals surface area contributed by atoms with Gasteiger partial charge in [0.05, 0.1) is 0 Å². The molecule has 2 aliphatic carbocycles. The van der Waals surface area contributed by atoms with Crippen molar-refractivity contribution in [2.75, 3.05) is 0 Å². The van der Waals surface area contributed by atoms with Gasteiger partial charge in [0.15, 0.2) is 0 Å². The Balaban J connectivity index is 1.69. The predicted octanol–water partition coefficient (Wildman–Crippen LogP) is 5.50. The molecular formula is C17H28. The summed E-state index contributed by atoms with van der Waals surface area (Å²) in [6.45, 7) is 6.24. The van der Waals surface area contributed by atoms with Crippen molar-refractivity contribution >= 4 is 0 Å². The van der Waals surface area contributed by atoms with E-state index in [0.29, 0.717) is 0 Å². The third-order valence-corrected chi connectivity index (χ3v) is 4.89. The maximum absolute atomic E-state index is 3.82. The highest BCUT2D eigenvalue weighted by molar-refractivity contribution is 5.05. The summed E-state index contributed by atoms with van der Waals surface area (Å²) in [4.78, 5) is 0. The first-order chi connectivity index (χ1) is 8.29.